The first-order valence-corrected chi connectivity index (χ1v) is 6.17. The average Bonchev–Trinajstić information content (AvgIpc) is 2.73. The Bertz CT molecular complexity index is 568. The Hall–Kier alpha value is -1.66. The molecule has 94 valence electrons. The summed E-state index contributed by atoms with van der Waals surface area (Å²) in [5, 5.41) is 13.9. The SMILES string of the molecule is O=[N+]([O-])c1ccc(CNc2cc(F)cc(Cl)c2)s1. The zero-order chi connectivity index (χ0) is 13.1. The summed E-state index contributed by atoms with van der Waals surface area (Å²) in [6.07, 6.45) is 0. The van der Waals surface area contributed by atoms with Gasteiger partial charge >= 0.3 is 5.00 Å². The summed E-state index contributed by atoms with van der Waals surface area (Å²) < 4.78 is 13.1. The van der Waals surface area contributed by atoms with E-state index in [0.717, 1.165) is 16.2 Å². The van der Waals surface area contributed by atoms with Crippen LogP contribution >= 0.6 is 22.9 Å². The maximum Gasteiger partial charge on any atom is 0.324 e. The largest absolute Gasteiger partial charge is 0.380 e. The number of rotatable bonds is 4. The lowest BCUT2D eigenvalue weighted by atomic mass is 10.3. The first kappa shape index (κ1) is 12.8. The van der Waals surface area contributed by atoms with Crippen molar-refractivity contribution in [3.63, 3.8) is 0 Å². The highest BCUT2D eigenvalue weighted by molar-refractivity contribution is 7.15. The fourth-order valence-corrected chi connectivity index (χ4v) is 2.39. The molecular formula is C11H8ClFN2O2S. The Morgan fingerprint density at radius 3 is 2.78 bits per heavy atom. The van der Waals surface area contributed by atoms with Crippen LogP contribution in [0.4, 0.5) is 15.1 Å². The van der Waals surface area contributed by atoms with Crippen LogP contribution in [0.25, 0.3) is 0 Å². The Balaban J connectivity index is 2.04. The number of anilines is 1. The zero-order valence-corrected chi connectivity index (χ0v) is 10.6. The van der Waals surface area contributed by atoms with Gasteiger partial charge in [0.15, 0.2) is 0 Å². The standard InChI is InChI=1S/C11H8ClFN2O2S/c12-7-3-8(13)5-9(4-7)14-6-10-1-2-11(18-10)15(16)17/h1-5,14H,6H2. The van der Waals surface area contributed by atoms with E-state index in [2.05, 4.69) is 5.32 Å². The lowest BCUT2D eigenvalue weighted by molar-refractivity contribution is -0.380. The summed E-state index contributed by atoms with van der Waals surface area (Å²) in [5.74, 6) is -0.429. The van der Waals surface area contributed by atoms with Crippen LogP contribution in [0.1, 0.15) is 4.88 Å². The summed E-state index contributed by atoms with van der Waals surface area (Å²) >= 11 is 6.79. The predicted octanol–water partition coefficient (Wildman–Crippen LogP) is 4.06. The number of halogens is 2. The normalized spacial score (nSPS) is 10.3. The Kier molecular flexibility index (Phi) is 3.78. The zero-order valence-electron chi connectivity index (χ0n) is 9.02. The van der Waals surface area contributed by atoms with Gasteiger partial charge in [-0.1, -0.05) is 22.9 Å². The fourth-order valence-electron chi connectivity index (χ4n) is 1.40. The van der Waals surface area contributed by atoms with Crippen molar-refractivity contribution in [2.45, 2.75) is 6.54 Å². The van der Waals surface area contributed by atoms with Crippen molar-refractivity contribution in [2.24, 2.45) is 0 Å². The van der Waals surface area contributed by atoms with E-state index in [9.17, 15) is 14.5 Å². The highest BCUT2D eigenvalue weighted by atomic mass is 35.5. The van der Waals surface area contributed by atoms with Gasteiger partial charge in [0.05, 0.1) is 4.92 Å². The van der Waals surface area contributed by atoms with Gasteiger partial charge in [-0.05, 0) is 24.3 Å². The number of hydrogen-bond donors (Lipinski definition) is 1. The van der Waals surface area contributed by atoms with Crippen LogP contribution in [0.2, 0.25) is 5.02 Å². The van der Waals surface area contributed by atoms with Gasteiger partial charge < -0.3 is 5.32 Å². The van der Waals surface area contributed by atoms with Crippen molar-refractivity contribution >= 4 is 33.6 Å². The summed E-state index contributed by atoms with van der Waals surface area (Å²) in [7, 11) is 0. The molecule has 7 heteroatoms. The van der Waals surface area contributed by atoms with Crippen LogP contribution < -0.4 is 5.32 Å². The molecule has 1 N–H and O–H groups in total. The van der Waals surface area contributed by atoms with Gasteiger partial charge in [0.1, 0.15) is 5.82 Å². The number of hydrogen-bond acceptors (Lipinski definition) is 4. The van der Waals surface area contributed by atoms with Gasteiger partial charge in [0.25, 0.3) is 0 Å². The van der Waals surface area contributed by atoms with Crippen molar-refractivity contribution in [2.75, 3.05) is 5.32 Å². The van der Waals surface area contributed by atoms with Crippen LogP contribution in [0.5, 0.6) is 0 Å². The first-order valence-electron chi connectivity index (χ1n) is 4.97. The molecule has 0 atom stereocenters. The second-order valence-corrected chi connectivity index (χ2v) is 5.09. The maximum absolute atomic E-state index is 13.1. The number of nitrogens with zero attached hydrogens (tertiary/aromatic N) is 1. The van der Waals surface area contributed by atoms with Crippen LogP contribution in [-0.2, 0) is 6.54 Å². The molecule has 1 aromatic carbocycles. The van der Waals surface area contributed by atoms with Crippen molar-refractivity contribution in [3.8, 4) is 0 Å². The number of nitro groups is 1. The highest BCUT2D eigenvalue weighted by Crippen LogP contribution is 2.25. The van der Waals surface area contributed by atoms with E-state index in [1.165, 1.54) is 18.2 Å². The van der Waals surface area contributed by atoms with Gasteiger partial charge in [-0.2, -0.15) is 0 Å². The van der Waals surface area contributed by atoms with Crippen molar-refractivity contribution in [1.82, 2.24) is 0 Å². The number of thiophene rings is 1. The van der Waals surface area contributed by atoms with Crippen molar-refractivity contribution < 1.29 is 9.31 Å². The fraction of sp³-hybridized carbons (Fsp3) is 0.0909. The first-order chi connectivity index (χ1) is 8.54. The van der Waals surface area contributed by atoms with Crippen LogP contribution in [0.3, 0.4) is 0 Å². The third-order valence-electron chi connectivity index (χ3n) is 2.16. The molecule has 2 rings (SSSR count). The van der Waals surface area contributed by atoms with Crippen LogP contribution in [0.15, 0.2) is 30.3 Å². The molecule has 0 unspecified atom stereocenters. The summed E-state index contributed by atoms with van der Waals surface area (Å²) in [5.41, 5.74) is 0.538. The van der Waals surface area contributed by atoms with Gasteiger partial charge in [0, 0.05) is 28.2 Å². The second-order valence-electron chi connectivity index (χ2n) is 3.51. The minimum Gasteiger partial charge on any atom is -0.380 e. The van der Waals surface area contributed by atoms with Crippen molar-refractivity contribution in [3.05, 3.63) is 56.2 Å². The molecule has 0 aliphatic carbocycles. The topological polar surface area (TPSA) is 55.2 Å². The third kappa shape index (κ3) is 3.18. The third-order valence-corrected chi connectivity index (χ3v) is 3.41. The predicted molar refractivity (Wildman–Crippen MR) is 69.7 cm³/mol. The van der Waals surface area contributed by atoms with Crippen LogP contribution in [0, 0.1) is 15.9 Å². The minimum atomic E-state index is -0.437. The van der Waals surface area contributed by atoms with E-state index in [0.29, 0.717) is 17.3 Å². The van der Waals surface area contributed by atoms with E-state index >= 15 is 0 Å². The number of benzene rings is 1. The molecule has 2 aromatic rings. The summed E-state index contributed by atoms with van der Waals surface area (Å²) in [4.78, 5) is 10.9. The second kappa shape index (κ2) is 5.32. The van der Waals surface area contributed by atoms with Gasteiger partial charge in [-0.3, -0.25) is 10.1 Å². The van der Waals surface area contributed by atoms with E-state index in [-0.39, 0.29) is 5.00 Å². The van der Waals surface area contributed by atoms with Gasteiger partial charge in [-0.25, -0.2) is 4.39 Å². The molecule has 0 fully saturated rings. The highest BCUT2D eigenvalue weighted by Gasteiger charge is 2.09. The Labute approximate surface area is 111 Å². The molecular weight excluding hydrogens is 279 g/mol. The molecule has 1 aromatic heterocycles. The monoisotopic (exact) mass is 286 g/mol. The molecule has 18 heavy (non-hydrogen) atoms. The van der Waals surface area contributed by atoms with E-state index < -0.39 is 10.7 Å². The molecule has 0 radical (unpaired) electrons. The molecule has 4 nitrogen and oxygen atoms in total. The minimum absolute atomic E-state index is 0.0871. The smallest absolute Gasteiger partial charge is 0.324 e. The molecule has 0 saturated carbocycles. The summed E-state index contributed by atoms with van der Waals surface area (Å²) in [6, 6.07) is 7.22. The molecule has 0 saturated heterocycles. The summed E-state index contributed by atoms with van der Waals surface area (Å²) in [6.45, 7) is 0.387. The molecule has 0 aliphatic rings. The van der Waals surface area contributed by atoms with Crippen LogP contribution in [-0.4, -0.2) is 4.92 Å². The van der Waals surface area contributed by atoms with E-state index in [1.807, 2.05) is 0 Å². The van der Waals surface area contributed by atoms with Gasteiger partial charge in [0.2, 0.25) is 0 Å². The number of nitrogens with one attached hydrogen (secondary N) is 1. The van der Waals surface area contributed by atoms with Crippen molar-refractivity contribution in [1.29, 1.82) is 0 Å². The quantitative estimate of drug-likeness (QED) is 0.681. The van der Waals surface area contributed by atoms with Gasteiger partial charge in [-0.15, -0.1) is 0 Å². The average molecular weight is 287 g/mol. The van der Waals surface area contributed by atoms with E-state index in [4.69, 9.17) is 11.6 Å². The Morgan fingerprint density at radius 2 is 2.17 bits per heavy atom. The van der Waals surface area contributed by atoms with E-state index in [1.54, 1.807) is 12.1 Å². The molecule has 0 amide bonds. The molecule has 1 heterocycles. The maximum atomic E-state index is 13.1. The lowest BCUT2D eigenvalue weighted by Gasteiger charge is -2.05. The lowest BCUT2D eigenvalue weighted by Crippen LogP contribution is -1.97. The molecule has 0 spiro atoms. The molecule has 0 bridgehead atoms. The Morgan fingerprint density at radius 1 is 1.39 bits per heavy atom. The molecule has 0 aliphatic heterocycles.